The SMILES string of the molecule is COc1ccc(C23C(=O)N(Nc4ccc(Cl)cc4Cl)C(=O)C2CC2C(=CCC4C(=O)N(C(N)=O)C(=O)C42)C3C2=COc3ccc(O)cc3C2)cc1. The number of ether oxygens (including phenoxy) is 2. The summed E-state index contributed by atoms with van der Waals surface area (Å²) in [5.41, 5.74) is 9.56. The molecule has 3 aromatic rings. The zero-order chi connectivity index (χ0) is 35.9. The smallest absolute Gasteiger partial charge is 0.328 e. The molecule has 6 amide bonds. The maximum absolute atomic E-state index is 15.3. The van der Waals surface area contributed by atoms with E-state index in [-0.39, 0.29) is 35.7 Å². The van der Waals surface area contributed by atoms with Gasteiger partial charge in [-0.05, 0) is 78.4 Å². The number of fused-ring (bicyclic) bond motifs is 5. The van der Waals surface area contributed by atoms with Crippen LogP contribution >= 0.6 is 23.2 Å². The minimum atomic E-state index is -1.59. The number of amides is 6. The van der Waals surface area contributed by atoms with Crippen molar-refractivity contribution < 1.29 is 38.6 Å². The van der Waals surface area contributed by atoms with Crippen LogP contribution in [0.1, 0.15) is 24.0 Å². The van der Waals surface area contributed by atoms with Crippen LogP contribution in [0.3, 0.4) is 0 Å². The van der Waals surface area contributed by atoms with Gasteiger partial charge in [-0.2, -0.15) is 9.91 Å². The van der Waals surface area contributed by atoms with E-state index in [0.717, 1.165) is 5.01 Å². The van der Waals surface area contributed by atoms with E-state index in [0.29, 0.717) is 43.7 Å². The lowest BCUT2D eigenvalue weighted by Crippen LogP contribution is -2.55. The molecule has 6 atom stereocenters. The minimum absolute atomic E-state index is 0.00374. The predicted molar refractivity (Wildman–Crippen MR) is 183 cm³/mol. The van der Waals surface area contributed by atoms with Gasteiger partial charge in [0.15, 0.2) is 0 Å². The number of likely N-dealkylation sites (tertiary alicyclic amines) is 1. The minimum Gasteiger partial charge on any atom is -0.508 e. The van der Waals surface area contributed by atoms with Crippen LogP contribution in [0.2, 0.25) is 10.0 Å². The molecule has 12 nitrogen and oxygen atoms in total. The van der Waals surface area contributed by atoms with E-state index in [1.807, 2.05) is 6.08 Å². The molecular weight excluding hydrogens is 699 g/mol. The Bertz CT molecular complexity index is 2130. The molecule has 3 heterocycles. The Balaban J connectivity index is 1.35. The fourth-order valence-electron chi connectivity index (χ4n) is 8.88. The van der Waals surface area contributed by atoms with Gasteiger partial charge in [0.1, 0.15) is 17.2 Å². The number of phenolic OH excluding ortho intramolecular Hbond substituents is 1. The molecule has 3 aliphatic heterocycles. The number of aromatic hydroxyl groups is 1. The van der Waals surface area contributed by atoms with Crippen molar-refractivity contribution in [2.75, 3.05) is 12.5 Å². The third-order valence-electron chi connectivity index (χ3n) is 10.9. The van der Waals surface area contributed by atoms with E-state index in [9.17, 15) is 24.3 Å². The number of carbonyl (C=O) groups is 5. The van der Waals surface area contributed by atoms with Gasteiger partial charge in [0, 0.05) is 22.9 Å². The maximum atomic E-state index is 15.3. The Kier molecular flexibility index (Phi) is 7.65. The van der Waals surface area contributed by atoms with Crippen molar-refractivity contribution in [3.8, 4) is 17.2 Å². The number of hydrazine groups is 1. The third-order valence-corrected chi connectivity index (χ3v) is 11.5. The Morgan fingerprint density at radius 2 is 1.76 bits per heavy atom. The van der Waals surface area contributed by atoms with Crippen molar-refractivity contribution >= 4 is 58.5 Å². The van der Waals surface area contributed by atoms with Crippen LogP contribution in [0.15, 0.2) is 84.1 Å². The van der Waals surface area contributed by atoms with Crippen molar-refractivity contribution in [2.45, 2.75) is 24.7 Å². The number of nitrogens with one attached hydrogen (secondary N) is 1. The van der Waals surface area contributed by atoms with Gasteiger partial charge < -0.3 is 20.3 Å². The number of nitrogens with zero attached hydrogens (tertiary/aromatic N) is 2. The summed E-state index contributed by atoms with van der Waals surface area (Å²) in [6.45, 7) is 0. The summed E-state index contributed by atoms with van der Waals surface area (Å²) < 4.78 is 11.5. The van der Waals surface area contributed by atoms with Crippen LogP contribution in [-0.4, -0.2) is 51.8 Å². The molecule has 4 N–H and O–H groups in total. The van der Waals surface area contributed by atoms with Crippen LogP contribution in [-0.2, 0) is 31.0 Å². The highest BCUT2D eigenvalue weighted by molar-refractivity contribution is 6.36. The van der Waals surface area contributed by atoms with Gasteiger partial charge in [-0.1, -0.05) is 47.0 Å². The molecule has 260 valence electrons. The summed E-state index contributed by atoms with van der Waals surface area (Å²) in [6, 6.07) is 15.1. The summed E-state index contributed by atoms with van der Waals surface area (Å²) >= 11 is 12.6. The largest absolute Gasteiger partial charge is 0.508 e. The number of hydrogen-bond donors (Lipinski definition) is 3. The Labute approximate surface area is 301 Å². The van der Waals surface area contributed by atoms with Gasteiger partial charge in [0.05, 0.1) is 47.3 Å². The van der Waals surface area contributed by atoms with Crippen LogP contribution in [0.5, 0.6) is 17.2 Å². The number of methoxy groups -OCH3 is 1. The maximum Gasteiger partial charge on any atom is 0.328 e. The highest BCUT2D eigenvalue weighted by atomic mass is 35.5. The Morgan fingerprint density at radius 3 is 2.47 bits per heavy atom. The fraction of sp³-hybridized carbons (Fsp3) is 0.270. The van der Waals surface area contributed by atoms with E-state index < -0.39 is 64.7 Å². The molecule has 0 aromatic heterocycles. The topological polar surface area (TPSA) is 169 Å². The number of hydrogen-bond acceptors (Lipinski definition) is 9. The zero-order valence-corrected chi connectivity index (χ0v) is 28.5. The summed E-state index contributed by atoms with van der Waals surface area (Å²) in [6.07, 6.45) is 3.76. The second-order valence-electron chi connectivity index (χ2n) is 13.3. The molecule has 6 unspecified atom stereocenters. The first kappa shape index (κ1) is 32.9. The second kappa shape index (κ2) is 11.9. The molecule has 8 rings (SSSR count). The summed E-state index contributed by atoms with van der Waals surface area (Å²) in [7, 11) is 1.52. The first-order chi connectivity index (χ1) is 24.4. The first-order valence-corrected chi connectivity index (χ1v) is 17.0. The van der Waals surface area contributed by atoms with Gasteiger partial charge in [-0.15, -0.1) is 0 Å². The molecule has 3 aromatic carbocycles. The number of allylic oxidation sites excluding steroid dienone is 3. The lowest BCUT2D eigenvalue weighted by atomic mass is 9.48. The molecule has 14 heteroatoms. The van der Waals surface area contributed by atoms with Crippen molar-refractivity contribution in [2.24, 2.45) is 35.3 Å². The first-order valence-electron chi connectivity index (χ1n) is 16.2. The predicted octanol–water partition coefficient (Wildman–Crippen LogP) is 5.12. The summed E-state index contributed by atoms with van der Waals surface area (Å²) in [5.74, 6) is -6.01. The molecule has 0 radical (unpaired) electrons. The van der Waals surface area contributed by atoms with Gasteiger partial charge in [0.25, 0.3) is 11.8 Å². The van der Waals surface area contributed by atoms with E-state index in [4.69, 9.17) is 38.4 Å². The quantitative estimate of drug-likeness (QED) is 0.238. The van der Waals surface area contributed by atoms with E-state index >= 15 is 4.79 Å². The Hall–Kier alpha value is -5.33. The number of imide groups is 4. The number of benzene rings is 3. The number of primary amides is 1. The van der Waals surface area contributed by atoms with Crippen molar-refractivity contribution in [1.29, 1.82) is 0 Å². The van der Waals surface area contributed by atoms with Gasteiger partial charge in [0.2, 0.25) is 11.8 Å². The third kappa shape index (κ3) is 4.76. The average molecular weight is 730 g/mol. The number of rotatable bonds is 5. The fourth-order valence-corrected chi connectivity index (χ4v) is 9.33. The van der Waals surface area contributed by atoms with E-state index in [2.05, 4.69) is 5.43 Å². The highest BCUT2D eigenvalue weighted by Crippen LogP contribution is 2.63. The summed E-state index contributed by atoms with van der Waals surface area (Å²) in [4.78, 5) is 70.2. The molecule has 0 spiro atoms. The van der Waals surface area contributed by atoms with Gasteiger partial charge in [-0.25, -0.2) is 4.79 Å². The van der Waals surface area contributed by atoms with E-state index in [1.54, 1.807) is 54.8 Å². The van der Waals surface area contributed by atoms with Crippen LogP contribution < -0.4 is 20.6 Å². The van der Waals surface area contributed by atoms with Crippen LogP contribution in [0.25, 0.3) is 0 Å². The van der Waals surface area contributed by atoms with Crippen molar-refractivity contribution in [1.82, 2.24) is 9.91 Å². The summed E-state index contributed by atoms with van der Waals surface area (Å²) in [5, 5.41) is 11.9. The zero-order valence-electron chi connectivity index (χ0n) is 27.0. The van der Waals surface area contributed by atoms with Gasteiger partial charge in [-0.3, -0.25) is 24.6 Å². The molecule has 3 fully saturated rings. The highest BCUT2D eigenvalue weighted by Gasteiger charge is 2.71. The lowest BCUT2D eigenvalue weighted by molar-refractivity contribution is -0.139. The number of phenols is 1. The van der Waals surface area contributed by atoms with Crippen LogP contribution in [0.4, 0.5) is 10.5 Å². The molecule has 2 aliphatic carbocycles. The normalized spacial score (nSPS) is 27.9. The molecule has 2 saturated heterocycles. The Morgan fingerprint density at radius 1 is 1.00 bits per heavy atom. The number of halogens is 2. The molecular formula is C37H30Cl2N4O8. The average Bonchev–Trinajstić information content (AvgIpc) is 3.49. The van der Waals surface area contributed by atoms with Crippen molar-refractivity contribution in [3.63, 3.8) is 0 Å². The number of anilines is 1. The molecule has 51 heavy (non-hydrogen) atoms. The van der Waals surface area contributed by atoms with Crippen molar-refractivity contribution in [3.05, 3.63) is 105 Å². The molecule has 1 saturated carbocycles. The van der Waals surface area contributed by atoms with E-state index in [1.165, 1.54) is 19.2 Å². The molecule has 0 bridgehead atoms. The number of nitrogens with two attached hydrogens (primary N) is 1. The molecule has 5 aliphatic rings. The monoisotopic (exact) mass is 728 g/mol. The standard InChI is InChI=1S/C37H30Cl2N4O8/c1-50-22-6-2-19(3-7-22)37-26(33(46)43(35(37)48)41-28-10-4-20(38)14-27(28)39)15-25-23(8-9-24-30(25)34(47)42(32(24)45)36(40)49)31(37)18-12-17-13-21(44)5-11-29(17)51-16-18/h2-8,10-11,13-14,16,24-26,30-31,41,44H,9,12,15H2,1H3,(H2,40,49). The van der Waals surface area contributed by atoms with Crippen LogP contribution in [0, 0.1) is 29.6 Å². The second-order valence-corrected chi connectivity index (χ2v) is 14.2. The lowest BCUT2D eigenvalue weighted by Gasteiger charge is -2.51. The van der Waals surface area contributed by atoms with Gasteiger partial charge >= 0.3 is 6.03 Å². The number of urea groups is 1. The number of carbonyl (C=O) groups excluding carboxylic acids is 5.